The minimum atomic E-state index is 0.178. The number of rotatable bonds is 7. The summed E-state index contributed by atoms with van der Waals surface area (Å²) >= 11 is 6.03. The topological polar surface area (TPSA) is 41.6 Å². The van der Waals surface area contributed by atoms with E-state index >= 15 is 0 Å². The van der Waals surface area contributed by atoms with Crippen LogP contribution >= 0.6 is 11.6 Å². The normalized spacial score (nSPS) is 18.9. The fourth-order valence-corrected chi connectivity index (χ4v) is 3.15. The maximum absolute atomic E-state index is 12.2. The number of hydrogen-bond donors (Lipinski definition) is 1. The third-order valence-electron chi connectivity index (χ3n) is 4.65. The molecule has 2 aliphatic rings. The van der Waals surface area contributed by atoms with Gasteiger partial charge in [0.05, 0.1) is 18.1 Å². The van der Waals surface area contributed by atoms with Crippen LogP contribution < -0.4 is 10.1 Å². The van der Waals surface area contributed by atoms with Gasteiger partial charge in [0.2, 0.25) is 5.91 Å². The smallest absolute Gasteiger partial charge is 0.225 e. The zero-order valence-corrected chi connectivity index (χ0v) is 14.2. The second-order valence-electron chi connectivity index (χ2n) is 6.54. The number of ether oxygens (including phenoxy) is 1. The molecule has 0 aromatic heterocycles. The van der Waals surface area contributed by atoms with E-state index in [1.165, 1.54) is 12.8 Å². The minimum Gasteiger partial charge on any atom is -0.491 e. The van der Waals surface area contributed by atoms with Gasteiger partial charge in [0.15, 0.2) is 0 Å². The number of hydrogen-bond acceptors (Lipinski definition) is 3. The summed E-state index contributed by atoms with van der Waals surface area (Å²) in [5.41, 5.74) is 0. The number of carbonyl (C=O) groups is 1. The van der Waals surface area contributed by atoms with E-state index in [4.69, 9.17) is 16.3 Å². The third-order valence-corrected chi connectivity index (χ3v) is 4.96. The quantitative estimate of drug-likeness (QED) is 0.832. The Morgan fingerprint density at radius 2 is 1.96 bits per heavy atom. The van der Waals surface area contributed by atoms with Gasteiger partial charge in [-0.2, -0.15) is 0 Å². The molecule has 1 amide bonds. The van der Waals surface area contributed by atoms with Crippen LogP contribution in [0.5, 0.6) is 5.75 Å². The summed E-state index contributed by atoms with van der Waals surface area (Å²) in [4.78, 5) is 14.2. The molecule has 1 saturated carbocycles. The molecular weight excluding hydrogens is 312 g/mol. The molecule has 3 rings (SSSR count). The lowest BCUT2D eigenvalue weighted by Crippen LogP contribution is -2.45. The average Bonchev–Trinajstić information content (AvgIpc) is 3.39. The molecule has 1 N–H and O–H groups in total. The van der Waals surface area contributed by atoms with Crippen molar-refractivity contribution in [1.82, 2.24) is 10.2 Å². The van der Waals surface area contributed by atoms with Gasteiger partial charge in [-0.05, 0) is 50.3 Å². The van der Waals surface area contributed by atoms with Crippen molar-refractivity contribution < 1.29 is 9.53 Å². The lowest BCUT2D eigenvalue weighted by atomic mass is 10.0. The van der Waals surface area contributed by atoms with E-state index in [0.29, 0.717) is 29.8 Å². The molecule has 5 heteroatoms. The van der Waals surface area contributed by atoms with E-state index in [1.807, 2.05) is 23.1 Å². The van der Waals surface area contributed by atoms with E-state index in [-0.39, 0.29) is 5.91 Å². The van der Waals surface area contributed by atoms with Gasteiger partial charge in [0.25, 0.3) is 0 Å². The minimum absolute atomic E-state index is 0.178. The number of para-hydroxylation sites is 1. The number of likely N-dealkylation sites (tertiary alicyclic amines) is 1. The molecule has 1 aliphatic heterocycles. The average molecular weight is 337 g/mol. The van der Waals surface area contributed by atoms with Gasteiger partial charge in [-0.1, -0.05) is 23.7 Å². The Labute approximate surface area is 143 Å². The fraction of sp³-hybridized carbons (Fsp3) is 0.611. The highest BCUT2D eigenvalue weighted by molar-refractivity contribution is 6.32. The van der Waals surface area contributed by atoms with Crippen LogP contribution in [0.3, 0.4) is 0 Å². The van der Waals surface area contributed by atoms with E-state index in [2.05, 4.69) is 5.32 Å². The van der Waals surface area contributed by atoms with E-state index in [1.54, 1.807) is 6.07 Å². The monoisotopic (exact) mass is 336 g/mol. The molecule has 0 unspecified atom stereocenters. The number of piperidine rings is 1. The van der Waals surface area contributed by atoms with Crippen molar-refractivity contribution >= 4 is 17.5 Å². The molecule has 2 fully saturated rings. The van der Waals surface area contributed by atoms with Crippen molar-refractivity contribution in [1.29, 1.82) is 0 Å². The number of carbonyl (C=O) groups excluding carboxylic acids is 1. The summed E-state index contributed by atoms with van der Waals surface area (Å²) in [6.45, 7) is 3.24. The molecule has 126 valence electrons. The van der Waals surface area contributed by atoms with Crippen LogP contribution in [0.1, 0.15) is 32.1 Å². The fourth-order valence-electron chi connectivity index (χ4n) is 2.96. The summed E-state index contributed by atoms with van der Waals surface area (Å²) in [5.74, 6) is 1.74. The first kappa shape index (κ1) is 16.6. The van der Waals surface area contributed by atoms with Gasteiger partial charge in [-0.3, -0.25) is 4.79 Å². The van der Waals surface area contributed by atoms with Crippen LogP contribution in [0.15, 0.2) is 24.3 Å². The van der Waals surface area contributed by atoms with Crippen molar-refractivity contribution in [3.05, 3.63) is 29.3 Å². The molecule has 0 spiro atoms. The summed E-state index contributed by atoms with van der Waals surface area (Å²) < 4.78 is 5.60. The Morgan fingerprint density at radius 3 is 2.65 bits per heavy atom. The highest BCUT2D eigenvalue weighted by Gasteiger charge is 2.25. The van der Waals surface area contributed by atoms with Crippen LogP contribution in [-0.2, 0) is 4.79 Å². The van der Waals surface area contributed by atoms with Crippen LogP contribution in [0.25, 0.3) is 0 Å². The van der Waals surface area contributed by atoms with Crippen molar-refractivity contribution in [3.8, 4) is 5.75 Å². The zero-order chi connectivity index (χ0) is 16.1. The SMILES string of the molecule is O=C(CCOc1ccccc1Cl)N1CCC(NCC2CC2)CC1. The van der Waals surface area contributed by atoms with Gasteiger partial charge < -0.3 is 15.0 Å². The van der Waals surface area contributed by atoms with Crippen molar-refractivity contribution in [2.75, 3.05) is 26.2 Å². The molecule has 0 bridgehead atoms. The first-order valence-corrected chi connectivity index (χ1v) is 8.98. The molecule has 23 heavy (non-hydrogen) atoms. The second kappa shape index (κ2) is 8.02. The molecule has 1 aliphatic carbocycles. The van der Waals surface area contributed by atoms with Crippen LogP contribution in [0.2, 0.25) is 5.02 Å². The second-order valence-corrected chi connectivity index (χ2v) is 6.94. The molecule has 4 nitrogen and oxygen atoms in total. The molecule has 0 radical (unpaired) electrons. The van der Waals surface area contributed by atoms with Crippen molar-refractivity contribution in [3.63, 3.8) is 0 Å². The molecule has 1 aromatic carbocycles. The first-order valence-electron chi connectivity index (χ1n) is 8.61. The number of nitrogens with one attached hydrogen (secondary N) is 1. The highest BCUT2D eigenvalue weighted by Crippen LogP contribution is 2.28. The Hall–Kier alpha value is -1.26. The van der Waals surface area contributed by atoms with Gasteiger partial charge in [-0.25, -0.2) is 0 Å². The highest BCUT2D eigenvalue weighted by atomic mass is 35.5. The predicted octanol–water partition coefficient (Wildman–Crippen LogP) is 3.10. The van der Waals surface area contributed by atoms with Crippen molar-refractivity contribution in [2.45, 2.75) is 38.1 Å². The summed E-state index contributed by atoms with van der Waals surface area (Å²) in [5, 5.41) is 4.22. The number of amides is 1. The standard InChI is InChI=1S/C18H25ClN2O2/c19-16-3-1-2-4-17(16)23-12-9-18(22)21-10-7-15(8-11-21)20-13-14-5-6-14/h1-4,14-15,20H,5-13H2. The van der Waals surface area contributed by atoms with Gasteiger partial charge in [0, 0.05) is 19.1 Å². The Kier molecular flexibility index (Phi) is 5.79. The number of benzene rings is 1. The van der Waals surface area contributed by atoms with Crippen LogP contribution in [0, 0.1) is 5.92 Å². The van der Waals surface area contributed by atoms with E-state index in [0.717, 1.165) is 38.4 Å². The van der Waals surface area contributed by atoms with Gasteiger partial charge >= 0.3 is 0 Å². The van der Waals surface area contributed by atoms with Crippen molar-refractivity contribution in [2.24, 2.45) is 5.92 Å². The summed E-state index contributed by atoms with van der Waals surface area (Å²) in [6, 6.07) is 7.94. The Morgan fingerprint density at radius 1 is 1.22 bits per heavy atom. The predicted molar refractivity (Wildman–Crippen MR) is 91.9 cm³/mol. The van der Waals surface area contributed by atoms with Gasteiger partial charge in [-0.15, -0.1) is 0 Å². The lowest BCUT2D eigenvalue weighted by Gasteiger charge is -2.32. The number of halogens is 1. The zero-order valence-electron chi connectivity index (χ0n) is 13.5. The maximum atomic E-state index is 12.2. The molecule has 0 atom stereocenters. The largest absolute Gasteiger partial charge is 0.491 e. The lowest BCUT2D eigenvalue weighted by molar-refractivity contribution is -0.132. The van der Waals surface area contributed by atoms with Gasteiger partial charge in [0.1, 0.15) is 5.75 Å². The summed E-state index contributed by atoms with van der Waals surface area (Å²) in [7, 11) is 0. The third kappa shape index (κ3) is 5.11. The molecule has 1 aromatic rings. The molecule has 1 saturated heterocycles. The van der Waals surface area contributed by atoms with Crippen LogP contribution in [-0.4, -0.2) is 43.1 Å². The summed E-state index contributed by atoms with van der Waals surface area (Å²) in [6.07, 6.45) is 5.30. The molecule has 1 heterocycles. The Bertz CT molecular complexity index is 526. The Balaban J connectivity index is 1.33. The van der Waals surface area contributed by atoms with E-state index in [9.17, 15) is 4.79 Å². The van der Waals surface area contributed by atoms with E-state index < -0.39 is 0 Å². The van der Waals surface area contributed by atoms with Crippen LogP contribution in [0.4, 0.5) is 0 Å². The molecular formula is C18H25ClN2O2. The first-order chi connectivity index (χ1) is 11.2. The number of nitrogens with zero attached hydrogens (tertiary/aromatic N) is 1. The maximum Gasteiger partial charge on any atom is 0.225 e.